The summed E-state index contributed by atoms with van der Waals surface area (Å²) in [6, 6.07) is 10.2. The van der Waals surface area contributed by atoms with Gasteiger partial charge in [0, 0.05) is 25.4 Å². The van der Waals surface area contributed by atoms with Crippen LogP contribution in [-0.2, 0) is 0 Å². The van der Waals surface area contributed by atoms with Gasteiger partial charge in [0.05, 0.1) is 23.7 Å². The molecule has 0 amide bonds. The van der Waals surface area contributed by atoms with Gasteiger partial charge in [0.25, 0.3) is 0 Å². The zero-order valence-electron chi connectivity index (χ0n) is 14.6. The normalized spacial score (nSPS) is 10.9. The number of halogens is 1. The topological polar surface area (TPSA) is 45.3 Å². The summed E-state index contributed by atoms with van der Waals surface area (Å²) in [5.41, 5.74) is 2.18. The Bertz CT molecular complexity index is 948. The summed E-state index contributed by atoms with van der Waals surface area (Å²) in [6.07, 6.45) is 2.61. The third-order valence-corrected chi connectivity index (χ3v) is 4.34. The van der Waals surface area contributed by atoms with Gasteiger partial charge >= 0.3 is 0 Å². The number of hydrogen-bond donors (Lipinski definition) is 1. The number of rotatable bonds is 5. The fourth-order valence-electron chi connectivity index (χ4n) is 3.04. The van der Waals surface area contributed by atoms with Crippen LogP contribution in [0.3, 0.4) is 0 Å². The van der Waals surface area contributed by atoms with E-state index in [0.717, 1.165) is 24.2 Å². The number of fused-ring (bicyclic) bond motifs is 1. The molecule has 5 heteroatoms. The molecular weight excluding hydrogens is 319 g/mol. The van der Waals surface area contributed by atoms with E-state index in [-0.39, 0.29) is 10.8 Å². The first-order valence-electron chi connectivity index (χ1n) is 8.26. The van der Waals surface area contributed by atoms with Gasteiger partial charge in [-0.15, -0.1) is 0 Å². The summed E-state index contributed by atoms with van der Waals surface area (Å²) < 4.78 is 19.6. The third kappa shape index (κ3) is 3.09. The molecule has 0 bridgehead atoms. The Morgan fingerprint density at radius 3 is 2.52 bits per heavy atom. The van der Waals surface area contributed by atoms with E-state index in [4.69, 9.17) is 4.74 Å². The van der Waals surface area contributed by atoms with Crippen LogP contribution in [-0.4, -0.2) is 25.7 Å². The predicted octanol–water partition coefficient (Wildman–Crippen LogP) is 4.19. The minimum absolute atomic E-state index is 0.0915. The molecule has 3 rings (SSSR count). The zero-order chi connectivity index (χ0) is 18.0. The molecule has 4 nitrogen and oxygen atoms in total. The first-order chi connectivity index (χ1) is 12.1. The van der Waals surface area contributed by atoms with E-state index < -0.39 is 5.82 Å². The maximum Gasteiger partial charge on any atom is 0.200 e. The first-order valence-corrected chi connectivity index (χ1v) is 8.26. The van der Waals surface area contributed by atoms with Crippen molar-refractivity contribution in [3.05, 3.63) is 58.6 Å². The Labute approximate surface area is 145 Å². The molecule has 0 fully saturated rings. The van der Waals surface area contributed by atoms with Gasteiger partial charge in [-0.2, -0.15) is 0 Å². The summed E-state index contributed by atoms with van der Waals surface area (Å²) in [7, 11) is 3.52. The van der Waals surface area contributed by atoms with Crippen molar-refractivity contribution >= 4 is 16.6 Å². The number of aromatic nitrogens is 1. The van der Waals surface area contributed by atoms with Gasteiger partial charge in [-0.3, -0.25) is 4.79 Å². The standard InChI is InChI=1S/C20H21FN2O2/c1-4-11-23(2)17-10-9-16(21)18-19(17)22-12-15(20(18)24)13-5-7-14(25-3)8-6-13/h5-10,12H,4,11H2,1-3H3,(H,22,24). The zero-order valence-corrected chi connectivity index (χ0v) is 14.6. The quantitative estimate of drug-likeness (QED) is 0.757. The molecule has 2 aromatic carbocycles. The van der Waals surface area contributed by atoms with Gasteiger partial charge in [0.2, 0.25) is 0 Å². The molecule has 0 unspecified atom stereocenters. The molecule has 0 saturated carbocycles. The number of nitrogens with one attached hydrogen (secondary N) is 1. The molecule has 0 aliphatic rings. The monoisotopic (exact) mass is 340 g/mol. The minimum atomic E-state index is -0.514. The molecule has 130 valence electrons. The molecule has 1 N–H and O–H groups in total. The highest BCUT2D eigenvalue weighted by Gasteiger charge is 2.15. The number of nitrogens with zero attached hydrogens (tertiary/aromatic N) is 1. The molecule has 3 aromatic rings. The Morgan fingerprint density at radius 2 is 1.88 bits per heavy atom. The molecule has 0 radical (unpaired) electrons. The van der Waals surface area contributed by atoms with E-state index in [1.807, 2.05) is 11.9 Å². The lowest BCUT2D eigenvalue weighted by atomic mass is 10.0. The number of H-pyrrole nitrogens is 1. The molecule has 0 spiro atoms. The van der Waals surface area contributed by atoms with E-state index in [2.05, 4.69) is 11.9 Å². The lowest BCUT2D eigenvalue weighted by molar-refractivity contribution is 0.415. The van der Waals surface area contributed by atoms with E-state index in [0.29, 0.717) is 16.8 Å². The lowest BCUT2D eigenvalue weighted by Gasteiger charge is -2.20. The van der Waals surface area contributed by atoms with E-state index in [9.17, 15) is 9.18 Å². The molecule has 0 aliphatic heterocycles. The van der Waals surface area contributed by atoms with Crippen LogP contribution in [0.2, 0.25) is 0 Å². The van der Waals surface area contributed by atoms with E-state index >= 15 is 0 Å². The largest absolute Gasteiger partial charge is 0.497 e. The van der Waals surface area contributed by atoms with Gasteiger partial charge in [-0.1, -0.05) is 19.1 Å². The number of ether oxygens (including phenoxy) is 1. The van der Waals surface area contributed by atoms with Crippen LogP contribution in [0.25, 0.3) is 22.0 Å². The Morgan fingerprint density at radius 1 is 1.16 bits per heavy atom. The summed E-state index contributed by atoms with van der Waals surface area (Å²) in [6.45, 7) is 2.90. The SMILES string of the molecule is CCCN(C)c1ccc(F)c2c(=O)c(-c3ccc(OC)cc3)c[nH]c12. The lowest BCUT2D eigenvalue weighted by Crippen LogP contribution is -2.19. The van der Waals surface area contributed by atoms with Crippen molar-refractivity contribution in [2.24, 2.45) is 0 Å². The van der Waals surface area contributed by atoms with Crippen LogP contribution in [0, 0.1) is 5.82 Å². The maximum atomic E-state index is 14.4. The summed E-state index contributed by atoms with van der Waals surface area (Å²) in [5, 5.41) is 0.0915. The summed E-state index contributed by atoms with van der Waals surface area (Å²) in [4.78, 5) is 18.1. The van der Waals surface area contributed by atoms with Crippen molar-refractivity contribution in [3.8, 4) is 16.9 Å². The van der Waals surface area contributed by atoms with Crippen molar-refractivity contribution in [2.45, 2.75) is 13.3 Å². The number of benzene rings is 2. The Kier molecular flexibility index (Phi) is 4.74. The predicted molar refractivity (Wildman–Crippen MR) is 100 cm³/mol. The highest BCUT2D eigenvalue weighted by Crippen LogP contribution is 2.27. The van der Waals surface area contributed by atoms with Gasteiger partial charge in [-0.05, 0) is 36.2 Å². The molecule has 0 aliphatic carbocycles. The van der Waals surface area contributed by atoms with Crippen LogP contribution in [0.15, 0.2) is 47.4 Å². The van der Waals surface area contributed by atoms with Crippen molar-refractivity contribution in [1.82, 2.24) is 4.98 Å². The molecule has 1 aromatic heterocycles. The van der Waals surface area contributed by atoms with Crippen molar-refractivity contribution in [1.29, 1.82) is 0 Å². The highest BCUT2D eigenvalue weighted by atomic mass is 19.1. The second-order valence-electron chi connectivity index (χ2n) is 6.00. The number of anilines is 1. The molecule has 25 heavy (non-hydrogen) atoms. The number of aromatic amines is 1. The smallest absolute Gasteiger partial charge is 0.200 e. The molecular formula is C20H21FN2O2. The van der Waals surface area contributed by atoms with Crippen LogP contribution in [0.5, 0.6) is 5.75 Å². The molecule has 0 atom stereocenters. The fourth-order valence-corrected chi connectivity index (χ4v) is 3.04. The first kappa shape index (κ1) is 17.0. The van der Waals surface area contributed by atoms with Crippen molar-refractivity contribution < 1.29 is 9.13 Å². The van der Waals surface area contributed by atoms with Gasteiger partial charge in [0.1, 0.15) is 11.6 Å². The number of hydrogen-bond acceptors (Lipinski definition) is 3. The average molecular weight is 340 g/mol. The second kappa shape index (κ2) is 6.97. The minimum Gasteiger partial charge on any atom is -0.497 e. The molecule has 1 heterocycles. The van der Waals surface area contributed by atoms with Gasteiger partial charge in [0.15, 0.2) is 5.43 Å². The van der Waals surface area contributed by atoms with Crippen molar-refractivity contribution in [3.63, 3.8) is 0 Å². The maximum absolute atomic E-state index is 14.4. The van der Waals surface area contributed by atoms with Crippen LogP contribution in [0.1, 0.15) is 13.3 Å². The second-order valence-corrected chi connectivity index (χ2v) is 6.00. The highest BCUT2D eigenvalue weighted by molar-refractivity contribution is 5.93. The summed E-state index contributed by atoms with van der Waals surface area (Å²) in [5.74, 6) is 0.191. The van der Waals surface area contributed by atoms with Gasteiger partial charge in [-0.25, -0.2) is 4.39 Å². The van der Waals surface area contributed by atoms with Crippen LogP contribution < -0.4 is 15.1 Å². The Balaban J connectivity index is 2.19. The third-order valence-electron chi connectivity index (χ3n) is 4.34. The summed E-state index contributed by atoms with van der Waals surface area (Å²) >= 11 is 0. The van der Waals surface area contributed by atoms with Crippen molar-refractivity contribution in [2.75, 3.05) is 25.6 Å². The number of methoxy groups -OCH3 is 1. The van der Waals surface area contributed by atoms with Crippen LogP contribution in [0.4, 0.5) is 10.1 Å². The fraction of sp³-hybridized carbons (Fsp3) is 0.250. The van der Waals surface area contributed by atoms with E-state index in [1.54, 1.807) is 43.6 Å². The number of pyridine rings is 1. The Hall–Kier alpha value is -2.82. The van der Waals surface area contributed by atoms with E-state index in [1.165, 1.54) is 6.07 Å². The molecule has 0 saturated heterocycles. The average Bonchev–Trinajstić information content (AvgIpc) is 2.62. The van der Waals surface area contributed by atoms with Crippen LogP contribution >= 0.6 is 0 Å². The van der Waals surface area contributed by atoms with Gasteiger partial charge < -0.3 is 14.6 Å².